The summed E-state index contributed by atoms with van der Waals surface area (Å²) in [6.45, 7) is 1.55. The summed E-state index contributed by atoms with van der Waals surface area (Å²) in [6.07, 6.45) is 2.06. The van der Waals surface area contributed by atoms with E-state index in [4.69, 9.17) is 16.0 Å². The van der Waals surface area contributed by atoms with Crippen molar-refractivity contribution in [3.05, 3.63) is 99.5 Å². The lowest BCUT2D eigenvalue weighted by Crippen LogP contribution is -2.35. The highest BCUT2D eigenvalue weighted by Crippen LogP contribution is 2.33. The van der Waals surface area contributed by atoms with Crippen molar-refractivity contribution < 1.29 is 9.21 Å². The fourth-order valence-electron chi connectivity index (χ4n) is 3.93. The van der Waals surface area contributed by atoms with Gasteiger partial charge in [0.2, 0.25) is 0 Å². The first-order valence-electron chi connectivity index (χ1n) is 10.2. The quantitative estimate of drug-likeness (QED) is 0.467. The molecule has 2 aromatic carbocycles. The maximum atomic E-state index is 13.4. The van der Waals surface area contributed by atoms with Crippen LogP contribution in [0, 0.1) is 6.92 Å². The molecule has 5 rings (SSSR count). The van der Waals surface area contributed by atoms with Crippen LogP contribution >= 0.6 is 11.6 Å². The van der Waals surface area contributed by atoms with Gasteiger partial charge in [-0.25, -0.2) is 9.99 Å². The maximum absolute atomic E-state index is 13.4. The van der Waals surface area contributed by atoms with Crippen LogP contribution in [0.2, 0.25) is 5.02 Å². The standard InChI is InChI=1S/C24H19ClN4O3/c1-15-26-19-6-3-2-5-18(19)24(31)28(15)14-23(30)29-21(22-7-4-12-32-22)13-20(27-29)16-8-10-17(25)11-9-16/h2-12,21H,13-14H2,1H3/t21-/m1/s1. The summed E-state index contributed by atoms with van der Waals surface area (Å²) >= 11 is 6.01. The number of halogens is 1. The molecule has 4 aromatic rings. The number of benzene rings is 2. The van der Waals surface area contributed by atoms with Crippen LogP contribution in [0.1, 0.15) is 29.6 Å². The van der Waals surface area contributed by atoms with Crippen molar-refractivity contribution in [2.75, 3.05) is 0 Å². The SMILES string of the molecule is Cc1nc2ccccc2c(=O)n1CC(=O)N1N=C(c2ccc(Cl)cc2)C[C@@H]1c1ccco1. The topological polar surface area (TPSA) is 80.7 Å². The zero-order valence-electron chi connectivity index (χ0n) is 17.2. The molecule has 0 unspecified atom stereocenters. The number of hydrogen-bond donors (Lipinski definition) is 0. The number of amides is 1. The number of nitrogens with zero attached hydrogens (tertiary/aromatic N) is 4. The maximum Gasteiger partial charge on any atom is 0.263 e. The van der Waals surface area contributed by atoms with Crippen molar-refractivity contribution in [2.45, 2.75) is 25.9 Å². The lowest BCUT2D eigenvalue weighted by Gasteiger charge is -2.21. The van der Waals surface area contributed by atoms with Gasteiger partial charge in [0.1, 0.15) is 24.2 Å². The Bertz CT molecular complexity index is 1390. The fourth-order valence-corrected chi connectivity index (χ4v) is 4.06. The number of carbonyl (C=O) groups is 1. The van der Waals surface area contributed by atoms with Gasteiger partial charge in [0.15, 0.2) is 0 Å². The number of furan rings is 1. The van der Waals surface area contributed by atoms with E-state index < -0.39 is 6.04 Å². The molecular formula is C24H19ClN4O3. The first kappa shape index (κ1) is 20.2. The van der Waals surface area contributed by atoms with Gasteiger partial charge in [0.25, 0.3) is 11.5 Å². The lowest BCUT2D eigenvalue weighted by atomic mass is 10.0. The molecule has 0 bridgehead atoms. The minimum atomic E-state index is -0.396. The van der Waals surface area contributed by atoms with Crippen LogP contribution in [-0.2, 0) is 11.3 Å². The number of aryl methyl sites for hydroxylation is 1. The molecule has 0 N–H and O–H groups in total. The van der Waals surface area contributed by atoms with Crippen LogP contribution in [0.25, 0.3) is 10.9 Å². The number of carbonyl (C=O) groups excluding carboxylic acids is 1. The van der Waals surface area contributed by atoms with Gasteiger partial charge in [-0.2, -0.15) is 5.10 Å². The Kier molecular flexibility index (Phi) is 5.11. The molecule has 1 atom stereocenters. The van der Waals surface area contributed by atoms with Gasteiger partial charge in [-0.3, -0.25) is 14.2 Å². The fraction of sp³-hybridized carbons (Fsp3) is 0.167. The Morgan fingerprint density at radius 3 is 2.66 bits per heavy atom. The Morgan fingerprint density at radius 2 is 1.91 bits per heavy atom. The van der Waals surface area contributed by atoms with E-state index in [1.165, 1.54) is 9.58 Å². The molecule has 32 heavy (non-hydrogen) atoms. The molecule has 2 aromatic heterocycles. The molecule has 160 valence electrons. The molecule has 0 saturated carbocycles. The molecule has 1 amide bonds. The van der Waals surface area contributed by atoms with Gasteiger partial charge in [-0.15, -0.1) is 0 Å². The van der Waals surface area contributed by atoms with Gasteiger partial charge in [0.05, 0.1) is 22.9 Å². The smallest absolute Gasteiger partial charge is 0.263 e. The van der Waals surface area contributed by atoms with E-state index in [1.54, 1.807) is 49.6 Å². The third kappa shape index (κ3) is 3.61. The Balaban J connectivity index is 1.51. The van der Waals surface area contributed by atoms with E-state index in [0.717, 1.165) is 11.3 Å². The molecular weight excluding hydrogens is 428 g/mol. The van der Waals surface area contributed by atoms with Crippen LogP contribution < -0.4 is 5.56 Å². The molecule has 1 aliphatic heterocycles. The van der Waals surface area contributed by atoms with Gasteiger partial charge < -0.3 is 4.42 Å². The highest BCUT2D eigenvalue weighted by molar-refractivity contribution is 6.30. The molecule has 0 fully saturated rings. The number of aromatic nitrogens is 2. The minimum Gasteiger partial charge on any atom is -0.467 e. The van der Waals surface area contributed by atoms with E-state index in [2.05, 4.69) is 10.1 Å². The van der Waals surface area contributed by atoms with Crippen molar-refractivity contribution in [1.82, 2.24) is 14.6 Å². The highest BCUT2D eigenvalue weighted by Gasteiger charge is 2.35. The molecule has 0 aliphatic carbocycles. The van der Waals surface area contributed by atoms with Crippen molar-refractivity contribution in [3.8, 4) is 0 Å². The first-order valence-corrected chi connectivity index (χ1v) is 10.5. The number of hydrazone groups is 1. The minimum absolute atomic E-state index is 0.170. The zero-order chi connectivity index (χ0) is 22.2. The Hall–Kier alpha value is -3.71. The van der Waals surface area contributed by atoms with Crippen LogP contribution in [0.5, 0.6) is 0 Å². The van der Waals surface area contributed by atoms with E-state index in [-0.39, 0.29) is 18.0 Å². The zero-order valence-corrected chi connectivity index (χ0v) is 18.0. The van der Waals surface area contributed by atoms with Crippen molar-refractivity contribution in [1.29, 1.82) is 0 Å². The second kappa shape index (κ2) is 8.09. The van der Waals surface area contributed by atoms with Crippen molar-refractivity contribution >= 4 is 34.1 Å². The lowest BCUT2D eigenvalue weighted by molar-refractivity contribution is -0.134. The van der Waals surface area contributed by atoms with Gasteiger partial charge in [-0.1, -0.05) is 35.9 Å². The summed E-state index contributed by atoms with van der Waals surface area (Å²) in [5, 5.41) is 7.11. The summed E-state index contributed by atoms with van der Waals surface area (Å²) in [6, 6.07) is 17.6. The second-order valence-electron chi connectivity index (χ2n) is 7.59. The van der Waals surface area contributed by atoms with E-state index in [9.17, 15) is 9.59 Å². The third-order valence-electron chi connectivity index (χ3n) is 5.56. The molecule has 7 nitrogen and oxygen atoms in total. The summed E-state index contributed by atoms with van der Waals surface area (Å²) in [7, 11) is 0. The second-order valence-corrected chi connectivity index (χ2v) is 8.03. The Morgan fingerprint density at radius 1 is 1.12 bits per heavy atom. The molecule has 0 spiro atoms. The first-order chi connectivity index (χ1) is 15.5. The summed E-state index contributed by atoms with van der Waals surface area (Å²) in [4.78, 5) is 30.9. The average Bonchev–Trinajstić information content (AvgIpc) is 3.47. The van der Waals surface area contributed by atoms with E-state index >= 15 is 0 Å². The predicted molar refractivity (Wildman–Crippen MR) is 122 cm³/mol. The van der Waals surface area contributed by atoms with E-state index in [0.29, 0.717) is 33.9 Å². The Labute approximate surface area is 188 Å². The van der Waals surface area contributed by atoms with Crippen molar-refractivity contribution in [3.63, 3.8) is 0 Å². The van der Waals surface area contributed by atoms with Crippen molar-refractivity contribution in [2.24, 2.45) is 5.10 Å². The summed E-state index contributed by atoms with van der Waals surface area (Å²) in [5.41, 5.74) is 1.98. The molecule has 0 radical (unpaired) electrons. The van der Waals surface area contributed by atoms with E-state index in [1.807, 2.05) is 24.3 Å². The van der Waals surface area contributed by atoms with Crippen LogP contribution in [0.15, 0.2) is 81.2 Å². The normalized spacial score (nSPS) is 15.9. The predicted octanol–water partition coefficient (Wildman–Crippen LogP) is 4.33. The van der Waals surface area contributed by atoms with Crippen LogP contribution in [0.3, 0.4) is 0 Å². The van der Waals surface area contributed by atoms with Gasteiger partial charge in [0, 0.05) is 11.4 Å². The number of para-hydroxylation sites is 1. The molecule has 3 heterocycles. The largest absolute Gasteiger partial charge is 0.467 e. The van der Waals surface area contributed by atoms with Gasteiger partial charge >= 0.3 is 0 Å². The van der Waals surface area contributed by atoms with Gasteiger partial charge in [-0.05, 0) is 48.9 Å². The molecule has 1 aliphatic rings. The highest BCUT2D eigenvalue weighted by atomic mass is 35.5. The molecule has 0 saturated heterocycles. The average molecular weight is 447 g/mol. The number of rotatable bonds is 4. The number of fused-ring (bicyclic) bond motifs is 1. The monoisotopic (exact) mass is 446 g/mol. The number of hydrogen-bond acceptors (Lipinski definition) is 5. The summed E-state index contributed by atoms with van der Waals surface area (Å²) < 4.78 is 6.98. The summed E-state index contributed by atoms with van der Waals surface area (Å²) in [5.74, 6) is 0.780. The third-order valence-corrected chi connectivity index (χ3v) is 5.81. The van der Waals surface area contributed by atoms with Crippen LogP contribution in [-0.4, -0.2) is 26.2 Å². The molecule has 8 heteroatoms. The van der Waals surface area contributed by atoms with Crippen LogP contribution in [0.4, 0.5) is 0 Å².